The normalized spacial score (nSPS) is 12.7. The van der Waals surface area contributed by atoms with Crippen molar-refractivity contribution in [2.45, 2.75) is 84.0 Å². The fourth-order valence-corrected chi connectivity index (χ4v) is 6.04. The van der Waals surface area contributed by atoms with Crippen molar-refractivity contribution in [3.05, 3.63) is 0 Å². The van der Waals surface area contributed by atoms with Crippen LogP contribution >= 0.6 is 0 Å². The van der Waals surface area contributed by atoms with Crippen molar-refractivity contribution < 1.29 is 17.4 Å². The number of rotatable bonds is 19. The average Bonchev–Trinajstić information content (AvgIpc) is 2.64. The van der Waals surface area contributed by atoms with Crippen molar-refractivity contribution in [3.8, 4) is 0 Å². The zero-order valence-corrected chi connectivity index (χ0v) is 19.4. The van der Waals surface area contributed by atoms with E-state index in [0.29, 0.717) is 10.7 Å². The van der Waals surface area contributed by atoms with E-state index >= 15 is 0 Å². The molecule has 0 heterocycles. The second kappa shape index (κ2) is 16.0. The summed E-state index contributed by atoms with van der Waals surface area (Å²) in [7, 11) is 4.93. The minimum absolute atomic E-state index is 0.620. The number of hydrogen-bond donors (Lipinski definition) is 1. The van der Waals surface area contributed by atoms with E-state index in [4.69, 9.17) is 19.0 Å². The summed E-state index contributed by atoms with van der Waals surface area (Å²) in [5.74, 6) is 0. The van der Waals surface area contributed by atoms with Gasteiger partial charge in [-0.2, -0.15) is 0 Å². The molecule has 2 N–H and O–H groups in total. The smallest absolute Gasteiger partial charge is 0.330 e. The summed E-state index contributed by atoms with van der Waals surface area (Å²) < 4.78 is 18.4. The van der Waals surface area contributed by atoms with Crippen LogP contribution in [0.2, 0.25) is 0 Å². The Kier molecular flexibility index (Phi) is 16.0. The molecule has 0 fully saturated rings. The van der Waals surface area contributed by atoms with Crippen molar-refractivity contribution in [3.63, 3.8) is 0 Å². The number of nitrogens with two attached hydrogens (primary N) is 1. The third-order valence-electron chi connectivity index (χ3n) is 5.21. The molecule has 0 saturated carbocycles. The van der Waals surface area contributed by atoms with E-state index in [1.54, 1.807) is 14.2 Å². The predicted molar refractivity (Wildman–Crippen MR) is 113 cm³/mol. The molecule has 6 heteroatoms. The standard InChI is InChI=1S/C20H47N2O3Si/c1-6-7-8-9-10-11-12-13-14-15-16-20-25-26(23-4,24-5)22(2,3)19-17-18-21/h6-21H2,1-5H3/q+1. The van der Waals surface area contributed by atoms with E-state index in [9.17, 15) is 0 Å². The topological polar surface area (TPSA) is 53.7 Å². The molecule has 26 heavy (non-hydrogen) atoms. The van der Waals surface area contributed by atoms with Crippen LogP contribution in [0.3, 0.4) is 0 Å². The first-order valence-corrected chi connectivity index (χ1v) is 12.4. The van der Waals surface area contributed by atoms with Crippen LogP contribution in [-0.2, 0) is 13.3 Å². The van der Waals surface area contributed by atoms with Gasteiger partial charge in [-0.15, -0.1) is 0 Å². The molecule has 0 saturated heterocycles. The molecule has 5 nitrogen and oxygen atoms in total. The van der Waals surface area contributed by atoms with Crippen molar-refractivity contribution in [1.29, 1.82) is 0 Å². The fourth-order valence-electron chi connectivity index (χ4n) is 3.46. The highest BCUT2D eigenvalue weighted by molar-refractivity contribution is 6.52. The van der Waals surface area contributed by atoms with Gasteiger partial charge in [0, 0.05) is 27.2 Å². The van der Waals surface area contributed by atoms with Gasteiger partial charge in [-0.05, 0) is 13.0 Å². The molecule has 0 amide bonds. The molecule has 0 aromatic rings. The van der Waals surface area contributed by atoms with Crippen LogP contribution in [0.15, 0.2) is 0 Å². The summed E-state index contributed by atoms with van der Waals surface area (Å²) in [6.07, 6.45) is 15.7. The number of quaternary nitrogens is 1. The van der Waals surface area contributed by atoms with Crippen molar-refractivity contribution in [2.75, 3.05) is 48.0 Å². The molecule has 0 radical (unpaired) electrons. The Morgan fingerprint density at radius 3 is 1.62 bits per heavy atom. The maximum Gasteiger partial charge on any atom is 0.783 e. The Morgan fingerprint density at radius 2 is 1.19 bits per heavy atom. The zero-order valence-electron chi connectivity index (χ0n) is 18.4. The van der Waals surface area contributed by atoms with Gasteiger partial charge in [-0.3, -0.25) is 0 Å². The first-order valence-electron chi connectivity index (χ1n) is 10.8. The van der Waals surface area contributed by atoms with E-state index in [1.165, 1.54) is 64.2 Å². The quantitative estimate of drug-likeness (QED) is 0.261. The lowest BCUT2D eigenvalue weighted by Crippen LogP contribution is -2.69. The van der Waals surface area contributed by atoms with Gasteiger partial charge in [-0.25, -0.2) is 0 Å². The lowest BCUT2D eigenvalue weighted by atomic mass is 10.1. The monoisotopic (exact) mass is 391 g/mol. The highest BCUT2D eigenvalue weighted by atomic mass is 28.4. The van der Waals surface area contributed by atoms with Crippen molar-refractivity contribution >= 4 is 8.97 Å². The van der Waals surface area contributed by atoms with Gasteiger partial charge in [0.25, 0.3) is 0 Å². The minimum atomic E-state index is -2.72. The number of hydrogen-bond acceptors (Lipinski definition) is 4. The number of nitrogens with zero attached hydrogens (tertiary/aromatic N) is 1. The van der Waals surface area contributed by atoms with Crippen LogP contribution in [0.5, 0.6) is 0 Å². The largest absolute Gasteiger partial charge is 0.783 e. The molecular formula is C20H47N2O3Si+. The van der Waals surface area contributed by atoms with E-state index in [-0.39, 0.29) is 0 Å². The molecule has 0 bridgehead atoms. The highest BCUT2D eigenvalue weighted by Gasteiger charge is 2.60. The molecule has 0 aliphatic carbocycles. The van der Waals surface area contributed by atoms with Crippen molar-refractivity contribution in [2.24, 2.45) is 5.73 Å². The average molecular weight is 392 g/mol. The molecular weight excluding hydrogens is 344 g/mol. The van der Waals surface area contributed by atoms with Gasteiger partial charge in [-0.1, -0.05) is 71.1 Å². The highest BCUT2D eigenvalue weighted by Crippen LogP contribution is 2.21. The fraction of sp³-hybridized carbons (Fsp3) is 1.00. The summed E-state index contributed by atoms with van der Waals surface area (Å²) in [4.78, 5) is 0. The van der Waals surface area contributed by atoms with E-state index in [2.05, 4.69) is 21.0 Å². The summed E-state index contributed by atoms with van der Waals surface area (Å²) in [6.45, 7) is 4.58. The second-order valence-electron chi connectivity index (χ2n) is 7.87. The SMILES string of the molecule is CCCCCCCCCCCCCO[Si](OC)(OC)[N+](C)(C)CCCN. The predicted octanol–water partition coefficient (Wildman–Crippen LogP) is 4.47. The van der Waals surface area contributed by atoms with E-state index in [1.807, 2.05) is 0 Å². The Labute approximate surface area is 164 Å². The Balaban J connectivity index is 3.87. The lowest BCUT2D eigenvalue weighted by Gasteiger charge is -2.40. The van der Waals surface area contributed by atoms with Crippen LogP contribution < -0.4 is 5.73 Å². The molecule has 0 aromatic carbocycles. The third-order valence-corrected chi connectivity index (χ3v) is 8.52. The Morgan fingerprint density at radius 1 is 0.731 bits per heavy atom. The first-order chi connectivity index (χ1) is 12.5. The van der Waals surface area contributed by atoms with Gasteiger partial charge >= 0.3 is 8.97 Å². The van der Waals surface area contributed by atoms with Crippen LogP contribution in [0.4, 0.5) is 0 Å². The van der Waals surface area contributed by atoms with Gasteiger partial charge in [0.2, 0.25) is 0 Å². The van der Waals surface area contributed by atoms with Gasteiger partial charge < -0.3 is 23.2 Å². The van der Waals surface area contributed by atoms with Crippen LogP contribution in [-0.4, -0.2) is 61.1 Å². The number of unbranched alkanes of at least 4 members (excludes halogenated alkanes) is 10. The molecule has 0 aromatic heterocycles. The summed E-state index contributed by atoms with van der Waals surface area (Å²) >= 11 is 0. The first kappa shape index (κ1) is 26.0. The molecule has 0 spiro atoms. The molecule has 0 unspecified atom stereocenters. The lowest BCUT2D eigenvalue weighted by molar-refractivity contribution is -0.819. The minimum Gasteiger partial charge on any atom is -0.330 e. The van der Waals surface area contributed by atoms with E-state index in [0.717, 1.165) is 26.0 Å². The summed E-state index contributed by atoms with van der Waals surface area (Å²) in [6, 6.07) is 0. The van der Waals surface area contributed by atoms with Gasteiger partial charge in [0.1, 0.15) is 0 Å². The van der Waals surface area contributed by atoms with Gasteiger partial charge in [0.15, 0.2) is 0 Å². The summed E-state index contributed by atoms with van der Waals surface area (Å²) in [5, 5.41) is 0. The molecule has 0 rings (SSSR count). The molecule has 0 atom stereocenters. The zero-order chi connectivity index (χ0) is 19.7. The molecule has 0 aliphatic rings. The second-order valence-corrected chi connectivity index (χ2v) is 11.2. The third kappa shape index (κ3) is 10.4. The van der Waals surface area contributed by atoms with Crippen molar-refractivity contribution in [1.82, 2.24) is 0 Å². The molecule has 158 valence electrons. The van der Waals surface area contributed by atoms with Crippen LogP contribution in [0.25, 0.3) is 0 Å². The Bertz CT molecular complexity index is 313. The maximum absolute atomic E-state index is 6.20. The summed E-state index contributed by atoms with van der Waals surface area (Å²) in [5.41, 5.74) is 5.66. The molecule has 0 aliphatic heterocycles. The Hall–Kier alpha value is 0.0169. The van der Waals surface area contributed by atoms with Crippen LogP contribution in [0, 0.1) is 0 Å². The van der Waals surface area contributed by atoms with Crippen LogP contribution in [0.1, 0.15) is 84.0 Å². The van der Waals surface area contributed by atoms with E-state index < -0.39 is 8.97 Å². The van der Waals surface area contributed by atoms with Gasteiger partial charge in [0.05, 0.1) is 20.6 Å². The maximum atomic E-state index is 6.20.